The molecule has 82 valence electrons. The van der Waals surface area contributed by atoms with Gasteiger partial charge in [0.1, 0.15) is 0 Å². The smallest absolute Gasteiger partial charge is 0.409 e. The van der Waals surface area contributed by atoms with Gasteiger partial charge in [-0.3, -0.25) is 0 Å². The van der Waals surface area contributed by atoms with Crippen LogP contribution in [0.2, 0.25) is 0 Å². The predicted molar refractivity (Wildman–Crippen MR) is 50.1 cm³/mol. The maximum atomic E-state index is 11.1. The van der Waals surface area contributed by atoms with Crippen molar-refractivity contribution in [2.24, 2.45) is 5.14 Å². The fraction of sp³-hybridized carbons (Fsp3) is 0.857. The first-order valence-corrected chi connectivity index (χ1v) is 5.90. The van der Waals surface area contributed by atoms with Gasteiger partial charge in [0.05, 0.1) is 12.4 Å². The first kappa shape index (κ1) is 11.3. The number of primary sulfonamides is 1. The topological polar surface area (TPSA) is 89.7 Å². The van der Waals surface area contributed by atoms with E-state index in [1.54, 1.807) is 0 Å². The van der Waals surface area contributed by atoms with Crippen LogP contribution in [0.25, 0.3) is 0 Å². The van der Waals surface area contributed by atoms with Crippen LogP contribution in [0.3, 0.4) is 0 Å². The molecule has 0 aromatic heterocycles. The van der Waals surface area contributed by atoms with E-state index in [2.05, 4.69) is 4.74 Å². The van der Waals surface area contributed by atoms with Gasteiger partial charge < -0.3 is 9.64 Å². The third-order valence-corrected chi connectivity index (χ3v) is 3.59. The number of ether oxygens (including phenoxy) is 1. The number of amides is 1. The molecule has 0 aromatic carbocycles. The Bertz CT molecular complexity index is 314. The summed E-state index contributed by atoms with van der Waals surface area (Å²) < 4.78 is 26.6. The number of nitrogens with zero attached hydrogens (tertiary/aromatic N) is 1. The lowest BCUT2D eigenvalue weighted by Crippen LogP contribution is -2.46. The summed E-state index contributed by atoms with van der Waals surface area (Å²) in [7, 11) is -2.28. The standard InChI is InChI=1S/C7H14N2O4S/c1-13-7(10)9-4-2-3-6(5-9)14(8,11)12/h6H,2-5H2,1H3,(H2,8,11,12). The van der Waals surface area contributed by atoms with E-state index >= 15 is 0 Å². The molecule has 14 heavy (non-hydrogen) atoms. The normalized spacial score (nSPS) is 23.3. The molecule has 1 unspecified atom stereocenters. The molecule has 0 spiro atoms. The Balaban J connectivity index is 2.65. The number of hydrogen-bond donors (Lipinski definition) is 1. The molecule has 6 nitrogen and oxygen atoms in total. The zero-order valence-electron chi connectivity index (χ0n) is 7.97. The van der Waals surface area contributed by atoms with Crippen molar-refractivity contribution in [3.05, 3.63) is 0 Å². The van der Waals surface area contributed by atoms with Crippen LogP contribution < -0.4 is 5.14 Å². The van der Waals surface area contributed by atoms with Crippen LogP contribution in [-0.4, -0.2) is 44.9 Å². The molecule has 1 rings (SSSR count). The largest absolute Gasteiger partial charge is 0.453 e. The minimum Gasteiger partial charge on any atom is -0.453 e. The number of methoxy groups -OCH3 is 1. The van der Waals surface area contributed by atoms with E-state index in [1.807, 2.05) is 0 Å². The monoisotopic (exact) mass is 222 g/mol. The Morgan fingerprint density at radius 1 is 1.57 bits per heavy atom. The van der Waals surface area contributed by atoms with E-state index in [0.717, 1.165) is 0 Å². The van der Waals surface area contributed by atoms with Gasteiger partial charge >= 0.3 is 6.09 Å². The van der Waals surface area contributed by atoms with E-state index < -0.39 is 21.4 Å². The van der Waals surface area contributed by atoms with Crippen molar-refractivity contribution in [2.45, 2.75) is 18.1 Å². The number of carbonyl (C=O) groups excluding carboxylic acids is 1. The van der Waals surface area contributed by atoms with Gasteiger partial charge in [0.25, 0.3) is 0 Å². The SMILES string of the molecule is COC(=O)N1CCCC(S(N)(=O)=O)C1. The molecule has 1 fully saturated rings. The van der Waals surface area contributed by atoms with Gasteiger partial charge in [-0.25, -0.2) is 18.4 Å². The Hall–Kier alpha value is -0.820. The van der Waals surface area contributed by atoms with Crippen molar-refractivity contribution in [3.63, 3.8) is 0 Å². The minimum absolute atomic E-state index is 0.130. The first-order chi connectivity index (χ1) is 6.45. The molecule has 1 saturated heterocycles. The number of sulfonamides is 1. The summed E-state index contributed by atoms with van der Waals surface area (Å²) in [4.78, 5) is 12.5. The molecule has 0 radical (unpaired) electrons. The Morgan fingerprint density at radius 3 is 2.71 bits per heavy atom. The number of piperidine rings is 1. The molecule has 0 aliphatic carbocycles. The van der Waals surface area contributed by atoms with Crippen LogP contribution in [0.4, 0.5) is 4.79 Å². The Labute approximate surface area is 83.1 Å². The van der Waals surface area contributed by atoms with Crippen molar-refractivity contribution in [2.75, 3.05) is 20.2 Å². The summed E-state index contributed by atoms with van der Waals surface area (Å²) in [5.41, 5.74) is 0. The minimum atomic E-state index is -3.55. The van der Waals surface area contributed by atoms with Crippen LogP contribution in [0.1, 0.15) is 12.8 Å². The Kier molecular flexibility index (Phi) is 3.33. The van der Waals surface area contributed by atoms with Crippen molar-refractivity contribution in [3.8, 4) is 0 Å². The maximum absolute atomic E-state index is 11.1. The number of rotatable bonds is 1. The van der Waals surface area contributed by atoms with Crippen molar-refractivity contribution >= 4 is 16.1 Å². The number of hydrogen-bond acceptors (Lipinski definition) is 4. The molecule has 1 aliphatic rings. The molecule has 0 saturated carbocycles. The van der Waals surface area contributed by atoms with Crippen LogP contribution in [0, 0.1) is 0 Å². The van der Waals surface area contributed by atoms with E-state index in [-0.39, 0.29) is 6.54 Å². The molecular formula is C7H14N2O4S. The second-order valence-electron chi connectivity index (χ2n) is 3.27. The molecule has 1 aliphatic heterocycles. The average molecular weight is 222 g/mol. The van der Waals surface area contributed by atoms with Crippen molar-refractivity contribution in [1.82, 2.24) is 4.90 Å². The zero-order chi connectivity index (χ0) is 10.8. The second kappa shape index (κ2) is 4.14. The summed E-state index contributed by atoms with van der Waals surface area (Å²) >= 11 is 0. The highest BCUT2D eigenvalue weighted by molar-refractivity contribution is 7.89. The summed E-state index contributed by atoms with van der Waals surface area (Å²) in [6.45, 7) is 0.657. The van der Waals surface area contributed by atoms with Crippen LogP contribution in [0.5, 0.6) is 0 Å². The van der Waals surface area contributed by atoms with E-state index in [0.29, 0.717) is 19.4 Å². The third kappa shape index (κ3) is 2.58. The highest BCUT2D eigenvalue weighted by atomic mass is 32.2. The van der Waals surface area contributed by atoms with E-state index in [4.69, 9.17) is 5.14 Å². The highest BCUT2D eigenvalue weighted by Gasteiger charge is 2.30. The summed E-state index contributed by atoms with van der Waals surface area (Å²) in [6, 6.07) is 0. The van der Waals surface area contributed by atoms with Gasteiger partial charge in [-0.15, -0.1) is 0 Å². The van der Waals surface area contributed by atoms with Crippen LogP contribution in [0.15, 0.2) is 0 Å². The van der Waals surface area contributed by atoms with Crippen molar-refractivity contribution < 1.29 is 17.9 Å². The zero-order valence-corrected chi connectivity index (χ0v) is 8.79. The summed E-state index contributed by atoms with van der Waals surface area (Å²) in [5, 5.41) is 4.35. The third-order valence-electron chi connectivity index (χ3n) is 2.28. The van der Waals surface area contributed by atoms with Gasteiger partial charge in [-0.2, -0.15) is 0 Å². The fourth-order valence-electron chi connectivity index (χ4n) is 1.50. The quantitative estimate of drug-likeness (QED) is 0.648. The summed E-state index contributed by atoms with van der Waals surface area (Å²) in [5.74, 6) is 0. The molecule has 1 atom stereocenters. The van der Waals surface area contributed by atoms with Gasteiger partial charge in [0.15, 0.2) is 0 Å². The predicted octanol–water partition coefficient (Wildman–Crippen LogP) is -0.494. The number of nitrogens with two attached hydrogens (primary N) is 1. The average Bonchev–Trinajstić information content (AvgIpc) is 2.15. The van der Waals surface area contributed by atoms with E-state index in [9.17, 15) is 13.2 Å². The van der Waals surface area contributed by atoms with Crippen LogP contribution in [-0.2, 0) is 14.8 Å². The van der Waals surface area contributed by atoms with Gasteiger partial charge in [-0.05, 0) is 12.8 Å². The maximum Gasteiger partial charge on any atom is 0.409 e. The van der Waals surface area contributed by atoms with Gasteiger partial charge in [0.2, 0.25) is 10.0 Å². The number of carbonyl (C=O) groups is 1. The van der Waals surface area contributed by atoms with E-state index in [1.165, 1.54) is 12.0 Å². The van der Waals surface area contributed by atoms with Crippen LogP contribution >= 0.6 is 0 Å². The molecule has 0 bridgehead atoms. The van der Waals surface area contributed by atoms with Gasteiger partial charge in [0, 0.05) is 13.1 Å². The molecule has 0 aromatic rings. The Morgan fingerprint density at radius 2 is 2.21 bits per heavy atom. The second-order valence-corrected chi connectivity index (χ2v) is 5.11. The highest BCUT2D eigenvalue weighted by Crippen LogP contribution is 2.15. The van der Waals surface area contributed by atoms with Crippen molar-refractivity contribution in [1.29, 1.82) is 0 Å². The molecule has 7 heteroatoms. The van der Waals surface area contributed by atoms with Gasteiger partial charge in [-0.1, -0.05) is 0 Å². The number of likely N-dealkylation sites (tertiary alicyclic amines) is 1. The lowest BCUT2D eigenvalue weighted by Gasteiger charge is -2.30. The first-order valence-electron chi connectivity index (χ1n) is 4.29. The lowest BCUT2D eigenvalue weighted by atomic mass is 10.1. The molecule has 1 heterocycles. The molecule has 2 N–H and O–H groups in total. The molecule has 1 amide bonds. The fourth-order valence-corrected chi connectivity index (χ4v) is 2.38. The molecular weight excluding hydrogens is 208 g/mol. The lowest BCUT2D eigenvalue weighted by molar-refractivity contribution is 0.116. The summed E-state index contributed by atoms with van der Waals surface area (Å²) in [6.07, 6.45) is 0.640.